The van der Waals surface area contributed by atoms with Crippen LogP contribution in [-0.4, -0.2) is 24.5 Å². The quantitative estimate of drug-likeness (QED) is 0.733. The zero-order chi connectivity index (χ0) is 11.1. The molecule has 0 aromatic rings. The average Bonchev–Trinajstić information content (AvgIpc) is 2.22. The van der Waals surface area contributed by atoms with E-state index in [2.05, 4.69) is 24.5 Å². The average molecular weight is 249 g/mol. The molecule has 1 heterocycles. The SMILES string of the molecule is CCCCCC(=O)NC1CCCNC1C.Cl. The van der Waals surface area contributed by atoms with Gasteiger partial charge in [0.05, 0.1) is 0 Å². The third-order valence-corrected chi connectivity index (χ3v) is 3.12. The van der Waals surface area contributed by atoms with Gasteiger partial charge in [-0.15, -0.1) is 12.4 Å². The number of carbonyl (C=O) groups is 1. The van der Waals surface area contributed by atoms with Crippen molar-refractivity contribution in [1.29, 1.82) is 0 Å². The summed E-state index contributed by atoms with van der Waals surface area (Å²) in [6.07, 6.45) is 6.34. The molecule has 3 nitrogen and oxygen atoms in total. The van der Waals surface area contributed by atoms with Crippen molar-refractivity contribution in [2.24, 2.45) is 0 Å². The van der Waals surface area contributed by atoms with Gasteiger partial charge in [-0.25, -0.2) is 0 Å². The van der Waals surface area contributed by atoms with Crippen molar-refractivity contribution in [2.75, 3.05) is 6.54 Å². The minimum Gasteiger partial charge on any atom is -0.352 e. The molecule has 0 radical (unpaired) electrons. The molecule has 0 aliphatic carbocycles. The Morgan fingerprint density at radius 1 is 1.44 bits per heavy atom. The van der Waals surface area contributed by atoms with E-state index in [1.165, 1.54) is 12.8 Å². The molecule has 1 aliphatic heterocycles. The number of halogens is 1. The monoisotopic (exact) mass is 248 g/mol. The maximum atomic E-state index is 11.6. The Kier molecular flexibility index (Phi) is 8.67. The smallest absolute Gasteiger partial charge is 0.220 e. The summed E-state index contributed by atoms with van der Waals surface area (Å²) < 4.78 is 0. The van der Waals surface area contributed by atoms with Crippen molar-refractivity contribution in [3.8, 4) is 0 Å². The molecule has 0 saturated carbocycles. The van der Waals surface area contributed by atoms with E-state index in [0.29, 0.717) is 18.5 Å². The number of unbranched alkanes of at least 4 members (excludes halogenated alkanes) is 2. The van der Waals surface area contributed by atoms with E-state index in [9.17, 15) is 4.79 Å². The van der Waals surface area contributed by atoms with Crippen LogP contribution in [0.4, 0.5) is 0 Å². The lowest BCUT2D eigenvalue weighted by molar-refractivity contribution is -0.122. The van der Waals surface area contributed by atoms with Gasteiger partial charge in [-0.1, -0.05) is 19.8 Å². The van der Waals surface area contributed by atoms with Gasteiger partial charge in [-0.3, -0.25) is 4.79 Å². The van der Waals surface area contributed by atoms with Gasteiger partial charge in [0.1, 0.15) is 0 Å². The minimum absolute atomic E-state index is 0. The van der Waals surface area contributed by atoms with E-state index in [0.717, 1.165) is 25.8 Å². The topological polar surface area (TPSA) is 41.1 Å². The predicted molar refractivity (Wildman–Crippen MR) is 70.0 cm³/mol. The normalized spacial score (nSPS) is 24.6. The number of amides is 1. The Labute approximate surface area is 105 Å². The summed E-state index contributed by atoms with van der Waals surface area (Å²) in [7, 11) is 0. The largest absolute Gasteiger partial charge is 0.352 e. The van der Waals surface area contributed by atoms with Crippen molar-refractivity contribution in [2.45, 2.75) is 64.5 Å². The standard InChI is InChI=1S/C12H24N2O.ClH/c1-3-4-5-8-12(15)14-11-7-6-9-13-10(11)2;/h10-11,13H,3-9H2,1-2H3,(H,14,15);1H. The highest BCUT2D eigenvalue weighted by Gasteiger charge is 2.21. The zero-order valence-electron chi connectivity index (χ0n) is 10.4. The Hall–Kier alpha value is -0.280. The first-order valence-electron chi connectivity index (χ1n) is 6.26. The molecule has 0 bridgehead atoms. The first kappa shape index (κ1) is 15.7. The highest BCUT2D eigenvalue weighted by atomic mass is 35.5. The van der Waals surface area contributed by atoms with Gasteiger partial charge in [0.25, 0.3) is 0 Å². The fraction of sp³-hybridized carbons (Fsp3) is 0.917. The molecule has 0 spiro atoms. The van der Waals surface area contributed by atoms with Crippen molar-refractivity contribution in [3.63, 3.8) is 0 Å². The van der Waals surface area contributed by atoms with Gasteiger partial charge in [0.2, 0.25) is 5.91 Å². The van der Waals surface area contributed by atoms with E-state index < -0.39 is 0 Å². The summed E-state index contributed by atoms with van der Waals surface area (Å²) in [5, 5.41) is 6.52. The lowest BCUT2D eigenvalue weighted by Gasteiger charge is -2.30. The highest BCUT2D eigenvalue weighted by Crippen LogP contribution is 2.09. The molecule has 2 unspecified atom stereocenters. The molecular weight excluding hydrogens is 224 g/mol. The third kappa shape index (κ3) is 5.71. The molecule has 0 aromatic carbocycles. The van der Waals surface area contributed by atoms with E-state index in [1.54, 1.807) is 0 Å². The number of hydrogen-bond donors (Lipinski definition) is 2. The van der Waals surface area contributed by atoms with Crippen molar-refractivity contribution in [1.82, 2.24) is 10.6 Å². The van der Waals surface area contributed by atoms with Gasteiger partial charge in [-0.05, 0) is 32.7 Å². The first-order chi connectivity index (χ1) is 7.24. The molecule has 2 atom stereocenters. The Morgan fingerprint density at radius 3 is 2.81 bits per heavy atom. The van der Waals surface area contributed by atoms with Crippen LogP contribution in [0.15, 0.2) is 0 Å². The molecule has 96 valence electrons. The summed E-state index contributed by atoms with van der Waals surface area (Å²) in [6, 6.07) is 0.766. The Morgan fingerprint density at radius 2 is 2.19 bits per heavy atom. The Balaban J connectivity index is 0.00000225. The maximum absolute atomic E-state index is 11.6. The number of hydrogen-bond acceptors (Lipinski definition) is 2. The fourth-order valence-corrected chi connectivity index (χ4v) is 2.06. The highest BCUT2D eigenvalue weighted by molar-refractivity contribution is 5.85. The van der Waals surface area contributed by atoms with E-state index >= 15 is 0 Å². The molecule has 1 amide bonds. The summed E-state index contributed by atoms with van der Waals surface area (Å²) in [4.78, 5) is 11.6. The van der Waals surface area contributed by atoms with Crippen LogP contribution in [0.2, 0.25) is 0 Å². The first-order valence-corrected chi connectivity index (χ1v) is 6.26. The molecule has 4 heteroatoms. The van der Waals surface area contributed by atoms with Crippen molar-refractivity contribution in [3.05, 3.63) is 0 Å². The lowest BCUT2D eigenvalue weighted by Crippen LogP contribution is -2.51. The van der Waals surface area contributed by atoms with Gasteiger partial charge < -0.3 is 10.6 Å². The predicted octanol–water partition coefficient (Wildman–Crippen LogP) is 2.25. The molecule has 0 aromatic heterocycles. The molecular formula is C12H25ClN2O. The van der Waals surface area contributed by atoms with Crippen LogP contribution in [0.5, 0.6) is 0 Å². The van der Waals surface area contributed by atoms with Crippen LogP contribution in [0, 0.1) is 0 Å². The van der Waals surface area contributed by atoms with Crippen molar-refractivity contribution >= 4 is 18.3 Å². The van der Waals surface area contributed by atoms with Gasteiger partial charge in [0, 0.05) is 18.5 Å². The van der Waals surface area contributed by atoms with Crippen LogP contribution in [0.1, 0.15) is 52.4 Å². The van der Waals surface area contributed by atoms with Crippen LogP contribution < -0.4 is 10.6 Å². The van der Waals surface area contributed by atoms with E-state index in [-0.39, 0.29) is 18.3 Å². The number of piperidine rings is 1. The lowest BCUT2D eigenvalue weighted by atomic mass is 9.99. The number of nitrogens with one attached hydrogen (secondary N) is 2. The number of rotatable bonds is 5. The maximum Gasteiger partial charge on any atom is 0.220 e. The van der Waals surface area contributed by atoms with Crippen LogP contribution in [-0.2, 0) is 4.79 Å². The fourth-order valence-electron chi connectivity index (χ4n) is 2.06. The second kappa shape index (κ2) is 8.82. The third-order valence-electron chi connectivity index (χ3n) is 3.12. The summed E-state index contributed by atoms with van der Waals surface area (Å²) in [5.41, 5.74) is 0. The minimum atomic E-state index is 0. The van der Waals surface area contributed by atoms with Crippen LogP contribution in [0.25, 0.3) is 0 Å². The summed E-state index contributed by atoms with van der Waals surface area (Å²) >= 11 is 0. The Bertz CT molecular complexity index is 199. The zero-order valence-corrected chi connectivity index (χ0v) is 11.2. The van der Waals surface area contributed by atoms with E-state index in [4.69, 9.17) is 0 Å². The molecule has 16 heavy (non-hydrogen) atoms. The second-order valence-electron chi connectivity index (χ2n) is 4.52. The molecule has 1 fully saturated rings. The second-order valence-corrected chi connectivity index (χ2v) is 4.52. The molecule has 2 N–H and O–H groups in total. The molecule has 1 saturated heterocycles. The summed E-state index contributed by atoms with van der Waals surface area (Å²) in [5.74, 6) is 0.226. The van der Waals surface area contributed by atoms with Gasteiger partial charge >= 0.3 is 0 Å². The van der Waals surface area contributed by atoms with Crippen molar-refractivity contribution < 1.29 is 4.79 Å². The van der Waals surface area contributed by atoms with Gasteiger partial charge in [-0.2, -0.15) is 0 Å². The van der Waals surface area contributed by atoms with Crippen LogP contribution in [0.3, 0.4) is 0 Å². The summed E-state index contributed by atoms with van der Waals surface area (Å²) in [6.45, 7) is 5.39. The number of carbonyl (C=O) groups excluding carboxylic acids is 1. The van der Waals surface area contributed by atoms with Gasteiger partial charge in [0.15, 0.2) is 0 Å². The molecule has 1 rings (SSSR count). The van der Waals surface area contributed by atoms with E-state index in [1.807, 2.05) is 0 Å². The van der Waals surface area contributed by atoms with Crippen LogP contribution >= 0.6 is 12.4 Å². The molecule has 1 aliphatic rings.